The van der Waals surface area contributed by atoms with Crippen molar-refractivity contribution < 1.29 is 0 Å². The molecule has 7 heteroatoms. The lowest BCUT2D eigenvalue weighted by atomic mass is 10.1. The molecule has 0 saturated heterocycles. The monoisotopic (exact) mass is 443 g/mol. The summed E-state index contributed by atoms with van der Waals surface area (Å²) in [6, 6.07) is 18.2. The maximum atomic E-state index is 13.6. The largest absolute Gasteiger partial charge is 0.342 e. The van der Waals surface area contributed by atoms with Crippen LogP contribution >= 0.6 is 0 Å². The highest BCUT2D eigenvalue weighted by molar-refractivity contribution is 5.75. The number of aromatic nitrogens is 4. The van der Waals surface area contributed by atoms with Crippen LogP contribution in [0, 0.1) is 12.8 Å². The molecule has 0 fully saturated rings. The quantitative estimate of drug-likeness (QED) is 0.476. The van der Waals surface area contributed by atoms with Crippen LogP contribution in [0.25, 0.3) is 11.2 Å². The van der Waals surface area contributed by atoms with Gasteiger partial charge < -0.3 is 9.47 Å². The van der Waals surface area contributed by atoms with Crippen molar-refractivity contribution in [1.29, 1.82) is 0 Å². The van der Waals surface area contributed by atoms with Crippen molar-refractivity contribution in [2.75, 3.05) is 18.0 Å². The van der Waals surface area contributed by atoms with Crippen LogP contribution in [0.3, 0.4) is 0 Å². The molecule has 2 aromatic heterocycles. The zero-order valence-corrected chi connectivity index (χ0v) is 19.4. The predicted molar refractivity (Wildman–Crippen MR) is 131 cm³/mol. The van der Waals surface area contributed by atoms with Gasteiger partial charge in [0.15, 0.2) is 11.2 Å². The Morgan fingerprint density at radius 3 is 2.48 bits per heavy atom. The first kappa shape index (κ1) is 21.2. The van der Waals surface area contributed by atoms with Gasteiger partial charge in [0, 0.05) is 26.7 Å². The predicted octanol–water partition coefficient (Wildman–Crippen LogP) is 2.95. The van der Waals surface area contributed by atoms with Crippen LogP contribution in [-0.2, 0) is 26.6 Å². The Balaban J connectivity index is 1.60. The van der Waals surface area contributed by atoms with Gasteiger partial charge in [-0.25, -0.2) is 4.79 Å². The molecule has 0 N–H and O–H groups in total. The van der Waals surface area contributed by atoms with Crippen LogP contribution in [0.4, 0.5) is 5.95 Å². The third kappa shape index (κ3) is 3.77. The molecule has 0 bridgehead atoms. The van der Waals surface area contributed by atoms with E-state index in [4.69, 9.17) is 4.98 Å². The fourth-order valence-electron chi connectivity index (χ4n) is 4.80. The lowest BCUT2D eigenvalue weighted by molar-refractivity contribution is 0.437. The van der Waals surface area contributed by atoms with Gasteiger partial charge in [0.2, 0.25) is 5.95 Å². The summed E-state index contributed by atoms with van der Waals surface area (Å²) < 4.78 is 4.87. The summed E-state index contributed by atoms with van der Waals surface area (Å²) in [7, 11) is 1.70. The lowest BCUT2D eigenvalue weighted by Gasteiger charge is -2.33. The lowest BCUT2D eigenvalue weighted by Crippen LogP contribution is -2.41. The third-order valence-corrected chi connectivity index (χ3v) is 6.62. The Labute approximate surface area is 192 Å². The molecule has 170 valence electrons. The second-order valence-corrected chi connectivity index (χ2v) is 9.14. The highest BCUT2D eigenvalue weighted by Gasteiger charge is 2.28. The second kappa shape index (κ2) is 8.39. The fraction of sp³-hybridized carbons (Fsp3) is 0.346. The van der Waals surface area contributed by atoms with Crippen LogP contribution in [-0.4, -0.2) is 31.8 Å². The van der Waals surface area contributed by atoms with Gasteiger partial charge in [-0.2, -0.15) is 4.98 Å². The van der Waals surface area contributed by atoms with Crippen molar-refractivity contribution in [3.63, 3.8) is 0 Å². The van der Waals surface area contributed by atoms with E-state index < -0.39 is 0 Å². The first-order valence-corrected chi connectivity index (χ1v) is 11.5. The van der Waals surface area contributed by atoms with Gasteiger partial charge in [0.05, 0.1) is 6.54 Å². The number of benzene rings is 2. The highest BCUT2D eigenvalue weighted by Crippen LogP contribution is 2.27. The standard InChI is InChI=1S/C26H29N5O2/c1-18-15-29(14-13-20-10-5-4-6-11-20)25-27-23-22(30(25)16-18)24(32)31(26(33)28(23)3)17-21-12-8-7-9-19(21)2/h4-12,18H,13-17H2,1-3H3. The van der Waals surface area contributed by atoms with E-state index in [0.717, 1.165) is 36.6 Å². The van der Waals surface area contributed by atoms with Crippen molar-refractivity contribution in [3.05, 3.63) is 92.1 Å². The summed E-state index contributed by atoms with van der Waals surface area (Å²) in [5.41, 5.74) is 3.65. The molecule has 3 heterocycles. The minimum atomic E-state index is -0.338. The van der Waals surface area contributed by atoms with Gasteiger partial charge in [0.1, 0.15) is 0 Å². The van der Waals surface area contributed by atoms with E-state index in [1.807, 2.05) is 41.8 Å². The highest BCUT2D eigenvalue weighted by atomic mass is 16.2. The Morgan fingerprint density at radius 2 is 1.73 bits per heavy atom. The molecule has 33 heavy (non-hydrogen) atoms. The molecule has 2 aromatic carbocycles. The van der Waals surface area contributed by atoms with E-state index >= 15 is 0 Å². The third-order valence-electron chi connectivity index (χ3n) is 6.62. The topological polar surface area (TPSA) is 65.1 Å². The molecule has 0 aliphatic carbocycles. The number of hydrogen-bond acceptors (Lipinski definition) is 4. The fourth-order valence-corrected chi connectivity index (χ4v) is 4.80. The molecule has 1 unspecified atom stereocenters. The second-order valence-electron chi connectivity index (χ2n) is 9.14. The number of rotatable bonds is 5. The molecule has 1 atom stereocenters. The van der Waals surface area contributed by atoms with Crippen LogP contribution in [0.2, 0.25) is 0 Å². The average Bonchev–Trinajstić information content (AvgIpc) is 3.20. The van der Waals surface area contributed by atoms with E-state index in [9.17, 15) is 9.59 Å². The molecule has 7 nitrogen and oxygen atoms in total. The van der Waals surface area contributed by atoms with Gasteiger partial charge in [-0.3, -0.25) is 13.9 Å². The molecule has 0 spiro atoms. The number of aryl methyl sites for hydroxylation is 2. The van der Waals surface area contributed by atoms with E-state index in [1.54, 1.807) is 7.05 Å². The molecule has 0 saturated carbocycles. The molecule has 1 aliphatic rings. The Kier molecular flexibility index (Phi) is 5.40. The summed E-state index contributed by atoms with van der Waals surface area (Å²) >= 11 is 0. The molecule has 5 rings (SSSR count). The average molecular weight is 444 g/mol. The minimum absolute atomic E-state index is 0.252. The number of fused-ring (bicyclic) bond motifs is 3. The van der Waals surface area contributed by atoms with Crippen molar-refractivity contribution in [3.8, 4) is 0 Å². The molecule has 1 aliphatic heterocycles. The van der Waals surface area contributed by atoms with E-state index in [-0.39, 0.29) is 17.8 Å². The minimum Gasteiger partial charge on any atom is -0.342 e. The zero-order valence-electron chi connectivity index (χ0n) is 19.4. The molecule has 0 radical (unpaired) electrons. The van der Waals surface area contributed by atoms with E-state index in [1.165, 1.54) is 14.7 Å². The molecular weight excluding hydrogens is 414 g/mol. The van der Waals surface area contributed by atoms with E-state index in [2.05, 4.69) is 36.1 Å². The molecule has 4 aromatic rings. The van der Waals surface area contributed by atoms with Crippen LogP contribution < -0.4 is 16.1 Å². The number of imidazole rings is 1. The van der Waals surface area contributed by atoms with Gasteiger partial charge in [0.25, 0.3) is 5.56 Å². The first-order valence-electron chi connectivity index (χ1n) is 11.5. The first-order chi connectivity index (χ1) is 15.9. The van der Waals surface area contributed by atoms with Crippen molar-refractivity contribution in [1.82, 2.24) is 18.7 Å². The summed E-state index contributed by atoms with van der Waals surface area (Å²) in [6.07, 6.45) is 0.896. The van der Waals surface area contributed by atoms with Gasteiger partial charge in [-0.15, -0.1) is 0 Å². The van der Waals surface area contributed by atoms with Gasteiger partial charge in [-0.05, 0) is 36.0 Å². The maximum absolute atomic E-state index is 13.6. The maximum Gasteiger partial charge on any atom is 0.332 e. The van der Waals surface area contributed by atoms with Gasteiger partial charge >= 0.3 is 5.69 Å². The Morgan fingerprint density at radius 1 is 1.00 bits per heavy atom. The van der Waals surface area contributed by atoms with Crippen molar-refractivity contribution in [2.45, 2.75) is 33.4 Å². The summed E-state index contributed by atoms with van der Waals surface area (Å²) in [5.74, 6) is 1.15. The number of anilines is 1. The molecule has 0 amide bonds. The summed E-state index contributed by atoms with van der Waals surface area (Å²) in [5, 5.41) is 0. The van der Waals surface area contributed by atoms with Crippen molar-refractivity contribution in [2.24, 2.45) is 13.0 Å². The summed E-state index contributed by atoms with van der Waals surface area (Å²) in [6.45, 7) is 6.84. The van der Waals surface area contributed by atoms with Crippen LogP contribution in [0.15, 0.2) is 64.2 Å². The van der Waals surface area contributed by atoms with Crippen molar-refractivity contribution >= 4 is 17.1 Å². The van der Waals surface area contributed by atoms with E-state index in [0.29, 0.717) is 23.6 Å². The smallest absolute Gasteiger partial charge is 0.332 e. The van der Waals surface area contributed by atoms with Crippen LogP contribution in [0.1, 0.15) is 23.6 Å². The SMILES string of the molecule is Cc1ccccc1Cn1c(=O)c2c(nc3n2CC(C)CN3CCc2ccccc2)n(C)c1=O. The molecular formula is C26H29N5O2. The van der Waals surface area contributed by atoms with Gasteiger partial charge in [-0.1, -0.05) is 61.5 Å². The van der Waals surface area contributed by atoms with Crippen LogP contribution in [0.5, 0.6) is 0 Å². The normalized spacial score (nSPS) is 15.7. The number of hydrogen-bond donors (Lipinski definition) is 0. The Hall–Kier alpha value is -3.61. The Bertz CT molecular complexity index is 1430. The number of nitrogens with zero attached hydrogens (tertiary/aromatic N) is 5. The summed E-state index contributed by atoms with van der Waals surface area (Å²) in [4.78, 5) is 33.8. The zero-order chi connectivity index (χ0) is 23.1.